The minimum Gasteiger partial charge on any atom is -0.126 e. The Kier molecular flexibility index (Phi) is 4.20. The van der Waals surface area contributed by atoms with Crippen LogP contribution >= 0.6 is 34.8 Å². The number of benzene rings is 1. The van der Waals surface area contributed by atoms with Gasteiger partial charge in [-0.1, -0.05) is 29.8 Å². The van der Waals surface area contributed by atoms with Gasteiger partial charge in [0.05, 0.1) is 0 Å². The highest BCUT2D eigenvalue weighted by molar-refractivity contribution is 6.31. The van der Waals surface area contributed by atoms with Gasteiger partial charge in [0.2, 0.25) is 0 Å². The average molecular weight is 224 g/mol. The van der Waals surface area contributed by atoms with Crippen molar-refractivity contribution in [1.82, 2.24) is 0 Å². The molecular formula is C9H9Cl3. The summed E-state index contributed by atoms with van der Waals surface area (Å²) in [6.45, 7) is 0. The first-order valence-corrected chi connectivity index (χ1v) is 5.10. The summed E-state index contributed by atoms with van der Waals surface area (Å²) in [7, 11) is 0. The summed E-state index contributed by atoms with van der Waals surface area (Å²) < 4.78 is 0. The molecular weight excluding hydrogens is 214 g/mol. The maximum atomic E-state index is 5.96. The van der Waals surface area contributed by atoms with E-state index in [1.807, 2.05) is 24.3 Å². The monoisotopic (exact) mass is 222 g/mol. The van der Waals surface area contributed by atoms with E-state index in [0.717, 1.165) is 10.6 Å². The molecule has 0 heterocycles. The number of halogens is 3. The van der Waals surface area contributed by atoms with Gasteiger partial charge in [-0.2, -0.15) is 0 Å². The van der Waals surface area contributed by atoms with Crippen molar-refractivity contribution in [2.24, 2.45) is 0 Å². The molecule has 0 bridgehead atoms. The highest BCUT2D eigenvalue weighted by Crippen LogP contribution is 2.26. The Labute approximate surface area is 87.4 Å². The zero-order valence-corrected chi connectivity index (χ0v) is 8.70. The quantitative estimate of drug-likeness (QED) is 0.682. The fourth-order valence-corrected chi connectivity index (χ4v) is 1.97. The SMILES string of the molecule is ClCC(CCl)c1ccccc1Cl. The molecule has 0 aliphatic carbocycles. The van der Waals surface area contributed by atoms with Crippen molar-refractivity contribution in [3.8, 4) is 0 Å². The predicted octanol–water partition coefficient (Wildman–Crippen LogP) is 3.90. The lowest BCUT2D eigenvalue weighted by atomic mass is 10.0. The van der Waals surface area contributed by atoms with Gasteiger partial charge in [-0.3, -0.25) is 0 Å². The normalized spacial score (nSPS) is 10.7. The average Bonchev–Trinajstić information content (AvgIpc) is 2.10. The van der Waals surface area contributed by atoms with Gasteiger partial charge in [-0.15, -0.1) is 23.2 Å². The third kappa shape index (κ3) is 2.29. The molecule has 0 N–H and O–H groups in total. The Morgan fingerprint density at radius 2 is 1.67 bits per heavy atom. The van der Waals surface area contributed by atoms with E-state index in [0.29, 0.717) is 11.8 Å². The van der Waals surface area contributed by atoms with Crippen molar-refractivity contribution >= 4 is 34.8 Å². The van der Waals surface area contributed by atoms with Crippen molar-refractivity contribution in [2.75, 3.05) is 11.8 Å². The molecule has 0 fully saturated rings. The molecule has 0 saturated carbocycles. The van der Waals surface area contributed by atoms with Gasteiger partial charge < -0.3 is 0 Å². The van der Waals surface area contributed by atoms with Crippen LogP contribution in [0.15, 0.2) is 24.3 Å². The summed E-state index contributed by atoms with van der Waals surface area (Å²) in [6, 6.07) is 7.64. The van der Waals surface area contributed by atoms with Crippen LogP contribution in [0.3, 0.4) is 0 Å². The highest BCUT2D eigenvalue weighted by atomic mass is 35.5. The van der Waals surface area contributed by atoms with Crippen molar-refractivity contribution in [3.63, 3.8) is 0 Å². The largest absolute Gasteiger partial charge is 0.126 e. The summed E-state index contributed by atoms with van der Waals surface area (Å²) in [6.07, 6.45) is 0. The smallest absolute Gasteiger partial charge is 0.0441 e. The molecule has 0 radical (unpaired) electrons. The number of hydrogen-bond acceptors (Lipinski definition) is 0. The van der Waals surface area contributed by atoms with Crippen LogP contribution in [-0.4, -0.2) is 11.8 Å². The van der Waals surface area contributed by atoms with Crippen molar-refractivity contribution < 1.29 is 0 Å². The standard InChI is InChI=1S/C9H9Cl3/c10-5-7(6-11)8-3-1-2-4-9(8)12/h1-4,7H,5-6H2. The van der Waals surface area contributed by atoms with E-state index in [9.17, 15) is 0 Å². The predicted molar refractivity (Wildman–Crippen MR) is 55.6 cm³/mol. The minimum absolute atomic E-state index is 0.155. The van der Waals surface area contributed by atoms with Crippen LogP contribution in [0, 0.1) is 0 Å². The molecule has 1 rings (SSSR count). The van der Waals surface area contributed by atoms with E-state index in [2.05, 4.69) is 0 Å². The van der Waals surface area contributed by atoms with Gasteiger partial charge in [-0.05, 0) is 11.6 Å². The van der Waals surface area contributed by atoms with Gasteiger partial charge in [-0.25, -0.2) is 0 Å². The van der Waals surface area contributed by atoms with E-state index in [1.165, 1.54) is 0 Å². The lowest BCUT2D eigenvalue weighted by Crippen LogP contribution is -2.02. The van der Waals surface area contributed by atoms with E-state index in [1.54, 1.807) is 0 Å². The zero-order valence-electron chi connectivity index (χ0n) is 6.43. The van der Waals surface area contributed by atoms with Crippen LogP contribution in [0.2, 0.25) is 5.02 Å². The van der Waals surface area contributed by atoms with E-state index >= 15 is 0 Å². The summed E-state index contributed by atoms with van der Waals surface area (Å²) in [5.41, 5.74) is 1.03. The summed E-state index contributed by atoms with van der Waals surface area (Å²) in [4.78, 5) is 0. The first-order chi connectivity index (χ1) is 5.79. The molecule has 0 spiro atoms. The Bertz CT molecular complexity index is 243. The number of hydrogen-bond donors (Lipinski definition) is 0. The number of rotatable bonds is 3. The summed E-state index contributed by atoms with van der Waals surface area (Å²) in [5.74, 6) is 1.17. The van der Waals surface area contributed by atoms with Crippen LogP contribution in [0.4, 0.5) is 0 Å². The molecule has 0 unspecified atom stereocenters. The fraction of sp³-hybridized carbons (Fsp3) is 0.333. The molecule has 0 atom stereocenters. The zero-order chi connectivity index (χ0) is 8.97. The molecule has 66 valence electrons. The Hall–Kier alpha value is 0.0900. The number of alkyl halides is 2. The second kappa shape index (κ2) is 4.96. The molecule has 1 aromatic carbocycles. The third-order valence-electron chi connectivity index (χ3n) is 1.72. The van der Waals surface area contributed by atoms with E-state index in [-0.39, 0.29) is 5.92 Å². The van der Waals surface area contributed by atoms with Crippen LogP contribution in [0.25, 0.3) is 0 Å². The van der Waals surface area contributed by atoms with Crippen LogP contribution < -0.4 is 0 Å². The Morgan fingerprint density at radius 3 is 2.17 bits per heavy atom. The molecule has 0 nitrogen and oxygen atoms in total. The van der Waals surface area contributed by atoms with Gasteiger partial charge in [0.25, 0.3) is 0 Å². The molecule has 3 heteroatoms. The van der Waals surface area contributed by atoms with E-state index in [4.69, 9.17) is 34.8 Å². The van der Waals surface area contributed by atoms with Gasteiger partial charge in [0.15, 0.2) is 0 Å². The highest BCUT2D eigenvalue weighted by Gasteiger charge is 2.11. The van der Waals surface area contributed by atoms with Crippen LogP contribution in [0.5, 0.6) is 0 Å². The lowest BCUT2D eigenvalue weighted by Gasteiger charge is -2.11. The molecule has 0 aliphatic rings. The lowest BCUT2D eigenvalue weighted by molar-refractivity contribution is 0.884. The molecule has 12 heavy (non-hydrogen) atoms. The second-order valence-electron chi connectivity index (χ2n) is 2.53. The fourth-order valence-electron chi connectivity index (χ4n) is 1.01. The molecule has 0 aliphatic heterocycles. The maximum absolute atomic E-state index is 5.96. The summed E-state index contributed by atoms with van der Waals surface area (Å²) in [5, 5.41) is 0.740. The molecule has 0 aromatic heterocycles. The molecule has 1 aromatic rings. The molecule has 0 amide bonds. The first-order valence-electron chi connectivity index (χ1n) is 3.66. The second-order valence-corrected chi connectivity index (χ2v) is 3.55. The van der Waals surface area contributed by atoms with E-state index < -0.39 is 0 Å². The third-order valence-corrected chi connectivity index (χ3v) is 2.81. The minimum atomic E-state index is 0.155. The van der Waals surface area contributed by atoms with Gasteiger partial charge >= 0.3 is 0 Å². The van der Waals surface area contributed by atoms with Crippen molar-refractivity contribution in [1.29, 1.82) is 0 Å². The maximum Gasteiger partial charge on any atom is 0.0441 e. The Morgan fingerprint density at radius 1 is 1.08 bits per heavy atom. The summed E-state index contributed by atoms with van der Waals surface area (Å²) >= 11 is 17.4. The van der Waals surface area contributed by atoms with Crippen molar-refractivity contribution in [3.05, 3.63) is 34.9 Å². The van der Waals surface area contributed by atoms with Crippen LogP contribution in [0.1, 0.15) is 11.5 Å². The van der Waals surface area contributed by atoms with Gasteiger partial charge in [0, 0.05) is 22.7 Å². The van der Waals surface area contributed by atoms with Crippen molar-refractivity contribution in [2.45, 2.75) is 5.92 Å². The molecule has 0 saturated heterocycles. The van der Waals surface area contributed by atoms with Crippen LogP contribution in [-0.2, 0) is 0 Å². The topological polar surface area (TPSA) is 0 Å². The van der Waals surface area contributed by atoms with Gasteiger partial charge in [0.1, 0.15) is 0 Å². The Balaban J connectivity index is 2.92. The first kappa shape index (κ1) is 10.2.